The van der Waals surface area contributed by atoms with Gasteiger partial charge in [0, 0.05) is 48.8 Å². The summed E-state index contributed by atoms with van der Waals surface area (Å²) in [6.45, 7) is 7.62. The van der Waals surface area contributed by atoms with Crippen molar-refractivity contribution in [2.75, 3.05) is 36.0 Å². The number of hydrogen-bond acceptors (Lipinski definition) is 6. The highest BCUT2D eigenvalue weighted by molar-refractivity contribution is 5.96. The molecule has 0 aliphatic carbocycles. The van der Waals surface area contributed by atoms with E-state index in [1.807, 2.05) is 42.9 Å². The third kappa shape index (κ3) is 3.18. The van der Waals surface area contributed by atoms with Gasteiger partial charge >= 0.3 is 0 Å². The summed E-state index contributed by atoms with van der Waals surface area (Å²) in [5, 5.41) is 16.0. The Morgan fingerprint density at radius 1 is 0.759 bits per heavy atom. The van der Waals surface area contributed by atoms with Crippen LogP contribution in [-0.2, 0) is 0 Å². The second-order valence-electron chi connectivity index (χ2n) is 7.39. The minimum absolute atomic E-state index is 0.780. The lowest BCUT2D eigenvalue weighted by Gasteiger charge is -2.36. The number of nitrogens with zero attached hydrogens (tertiary/aromatic N) is 7. The van der Waals surface area contributed by atoms with Gasteiger partial charge in [0.05, 0.1) is 5.69 Å². The van der Waals surface area contributed by atoms with Crippen molar-refractivity contribution in [2.24, 2.45) is 0 Å². The number of fused-ring (bicyclic) bond motifs is 1. The van der Waals surface area contributed by atoms with Crippen LogP contribution >= 0.6 is 0 Å². The molecule has 29 heavy (non-hydrogen) atoms. The van der Waals surface area contributed by atoms with Gasteiger partial charge in [-0.25, -0.2) is 9.67 Å². The Bertz CT molecular complexity index is 1140. The summed E-state index contributed by atoms with van der Waals surface area (Å²) in [6, 6.07) is 16.4. The lowest BCUT2D eigenvalue weighted by atomic mass is 10.1. The molecule has 0 saturated carbocycles. The van der Waals surface area contributed by atoms with E-state index in [1.54, 1.807) is 0 Å². The van der Waals surface area contributed by atoms with Crippen LogP contribution in [0, 0.1) is 13.8 Å². The van der Waals surface area contributed by atoms with Gasteiger partial charge in [-0.15, -0.1) is 10.2 Å². The lowest BCUT2D eigenvalue weighted by molar-refractivity contribution is 0.639. The van der Waals surface area contributed by atoms with Gasteiger partial charge in [-0.3, -0.25) is 0 Å². The van der Waals surface area contributed by atoms with Gasteiger partial charge in [-0.05, 0) is 32.0 Å². The molecule has 1 aliphatic rings. The van der Waals surface area contributed by atoms with Crippen LogP contribution in [-0.4, -0.2) is 51.1 Å². The average Bonchev–Trinajstić information content (AvgIpc) is 3.11. The van der Waals surface area contributed by atoms with E-state index in [0.29, 0.717) is 0 Å². The van der Waals surface area contributed by atoms with E-state index in [9.17, 15) is 0 Å². The standard InChI is InChI=1S/C22H23N7/c1-16-15-17(2)29(26-16)22-19-8-4-3-7-18(19)21(24-25-22)28-13-11-27(12-14-28)20-9-5-6-10-23-20/h3-10,15H,11-14H2,1-2H3. The summed E-state index contributed by atoms with van der Waals surface area (Å²) in [5.41, 5.74) is 2.03. The predicted octanol–water partition coefficient (Wildman–Crippen LogP) is 3.15. The second-order valence-corrected chi connectivity index (χ2v) is 7.39. The van der Waals surface area contributed by atoms with Crippen LogP contribution in [0.1, 0.15) is 11.4 Å². The first-order chi connectivity index (χ1) is 14.2. The van der Waals surface area contributed by atoms with Gasteiger partial charge in [0.25, 0.3) is 0 Å². The summed E-state index contributed by atoms with van der Waals surface area (Å²) < 4.78 is 1.88. The topological polar surface area (TPSA) is 63.0 Å². The zero-order valence-corrected chi connectivity index (χ0v) is 16.7. The van der Waals surface area contributed by atoms with E-state index in [2.05, 4.69) is 60.4 Å². The molecule has 0 spiro atoms. The van der Waals surface area contributed by atoms with Crippen LogP contribution in [0.25, 0.3) is 16.6 Å². The van der Waals surface area contributed by atoms with Gasteiger partial charge in [0.1, 0.15) is 5.82 Å². The van der Waals surface area contributed by atoms with E-state index in [1.165, 1.54) is 0 Å². The van der Waals surface area contributed by atoms with Crippen molar-refractivity contribution >= 4 is 22.4 Å². The molecule has 0 radical (unpaired) electrons. The minimum atomic E-state index is 0.780. The molecule has 4 heterocycles. The molecule has 0 N–H and O–H groups in total. The fourth-order valence-electron chi connectivity index (χ4n) is 4.00. The van der Waals surface area contributed by atoms with E-state index < -0.39 is 0 Å². The molecule has 7 heteroatoms. The summed E-state index contributed by atoms with van der Waals surface area (Å²) >= 11 is 0. The van der Waals surface area contributed by atoms with Crippen LogP contribution in [0.3, 0.4) is 0 Å². The summed E-state index contributed by atoms with van der Waals surface area (Å²) in [6.07, 6.45) is 1.85. The zero-order chi connectivity index (χ0) is 19.8. The number of pyridine rings is 1. The molecule has 1 aromatic carbocycles. The number of aryl methyl sites for hydroxylation is 2. The normalized spacial score (nSPS) is 14.6. The molecule has 3 aromatic heterocycles. The third-order valence-corrected chi connectivity index (χ3v) is 5.41. The zero-order valence-electron chi connectivity index (χ0n) is 16.7. The molecule has 0 amide bonds. The number of benzene rings is 1. The number of rotatable bonds is 3. The molecular weight excluding hydrogens is 362 g/mol. The number of hydrogen-bond donors (Lipinski definition) is 0. The van der Waals surface area contributed by atoms with E-state index in [-0.39, 0.29) is 0 Å². The Hall–Kier alpha value is -3.48. The van der Waals surface area contributed by atoms with Gasteiger partial charge < -0.3 is 9.80 Å². The van der Waals surface area contributed by atoms with Crippen molar-refractivity contribution < 1.29 is 0 Å². The van der Waals surface area contributed by atoms with Crippen molar-refractivity contribution in [2.45, 2.75) is 13.8 Å². The fourth-order valence-corrected chi connectivity index (χ4v) is 4.00. The Balaban J connectivity index is 1.48. The summed E-state index contributed by atoms with van der Waals surface area (Å²) in [7, 11) is 0. The van der Waals surface area contributed by atoms with Crippen LogP contribution in [0.15, 0.2) is 54.7 Å². The molecule has 0 unspecified atom stereocenters. The van der Waals surface area contributed by atoms with Gasteiger partial charge in [0.2, 0.25) is 0 Å². The molecule has 4 aromatic rings. The highest BCUT2D eigenvalue weighted by atomic mass is 15.4. The first kappa shape index (κ1) is 17.6. The Labute approximate surface area is 169 Å². The van der Waals surface area contributed by atoms with Crippen molar-refractivity contribution in [3.05, 3.63) is 66.1 Å². The maximum absolute atomic E-state index is 4.64. The number of anilines is 2. The maximum Gasteiger partial charge on any atom is 0.183 e. The Morgan fingerprint density at radius 3 is 2.07 bits per heavy atom. The second kappa shape index (κ2) is 7.16. The average molecular weight is 385 g/mol. The first-order valence-electron chi connectivity index (χ1n) is 9.91. The number of aromatic nitrogens is 5. The molecule has 146 valence electrons. The third-order valence-electron chi connectivity index (χ3n) is 5.41. The van der Waals surface area contributed by atoms with Crippen molar-refractivity contribution in [1.82, 2.24) is 25.0 Å². The van der Waals surface area contributed by atoms with Crippen molar-refractivity contribution in [1.29, 1.82) is 0 Å². The van der Waals surface area contributed by atoms with Gasteiger partial charge in [0.15, 0.2) is 11.6 Å². The van der Waals surface area contributed by atoms with Crippen LogP contribution in [0.2, 0.25) is 0 Å². The van der Waals surface area contributed by atoms with Gasteiger partial charge in [-0.2, -0.15) is 5.10 Å². The molecule has 1 fully saturated rings. The van der Waals surface area contributed by atoms with Crippen LogP contribution < -0.4 is 9.80 Å². The van der Waals surface area contributed by atoms with Crippen molar-refractivity contribution in [3.63, 3.8) is 0 Å². The lowest BCUT2D eigenvalue weighted by Crippen LogP contribution is -2.47. The highest BCUT2D eigenvalue weighted by Crippen LogP contribution is 2.29. The van der Waals surface area contributed by atoms with Gasteiger partial charge in [-0.1, -0.05) is 30.3 Å². The van der Waals surface area contributed by atoms with E-state index in [0.717, 1.165) is 65.8 Å². The first-order valence-corrected chi connectivity index (χ1v) is 9.91. The quantitative estimate of drug-likeness (QED) is 0.540. The smallest absolute Gasteiger partial charge is 0.183 e. The molecule has 5 rings (SSSR count). The Morgan fingerprint density at radius 2 is 1.41 bits per heavy atom. The largest absolute Gasteiger partial charge is 0.353 e. The molecular formula is C22H23N7. The maximum atomic E-state index is 4.64. The van der Waals surface area contributed by atoms with Crippen LogP contribution in [0.5, 0.6) is 0 Å². The van der Waals surface area contributed by atoms with E-state index >= 15 is 0 Å². The summed E-state index contributed by atoms with van der Waals surface area (Å²) in [4.78, 5) is 9.11. The SMILES string of the molecule is Cc1cc(C)n(-c2nnc(N3CCN(c4ccccn4)CC3)c3ccccc23)n1. The monoisotopic (exact) mass is 385 g/mol. The summed E-state index contributed by atoms with van der Waals surface area (Å²) in [5.74, 6) is 2.75. The molecule has 1 aliphatic heterocycles. The highest BCUT2D eigenvalue weighted by Gasteiger charge is 2.22. The molecule has 7 nitrogen and oxygen atoms in total. The van der Waals surface area contributed by atoms with Crippen molar-refractivity contribution in [3.8, 4) is 5.82 Å². The Kier molecular flexibility index (Phi) is 4.35. The fraction of sp³-hybridized carbons (Fsp3) is 0.273. The molecule has 1 saturated heterocycles. The predicted molar refractivity (Wildman–Crippen MR) is 115 cm³/mol. The van der Waals surface area contributed by atoms with Crippen LogP contribution in [0.4, 0.5) is 11.6 Å². The molecule has 0 atom stereocenters. The van der Waals surface area contributed by atoms with E-state index in [4.69, 9.17) is 0 Å². The minimum Gasteiger partial charge on any atom is -0.353 e. The molecule has 0 bridgehead atoms. The number of piperazine rings is 1.